The van der Waals surface area contributed by atoms with Crippen molar-refractivity contribution in [3.05, 3.63) is 35.4 Å². The summed E-state index contributed by atoms with van der Waals surface area (Å²) >= 11 is 7.57. The maximum Gasteiger partial charge on any atom is 0.237 e. The molecular formula is C26H39ClF2N2O5S. The van der Waals surface area contributed by atoms with Crippen LogP contribution in [0.4, 0.5) is 8.78 Å². The third-order valence-corrected chi connectivity index (χ3v) is 8.57. The van der Waals surface area contributed by atoms with Gasteiger partial charge < -0.3 is 30.7 Å². The topological polar surface area (TPSA) is 111 Å². The summed E-state index contributed by atoms with van der Waals surface area (Å²) in [5, 5.41) is 36.6. The van der Waals surface area contributed by atoms with E-state index in [1.165, 1.54) is 23.9 Å². The molecule has 0 aliphatic carbocycles. The molecule has 5 N–H and O–H groups in total. The lowest BCUT2D eigenvalue weighted by atomic mass is 9.91. The molecule has 0 radical (unpaired) electrons. The van der Waals surface area contributed by atoms with Gasteiger partial charge in [0, 0.05) is 6.07 Å². The van der Waals surface area contributed by atoms with Gasteiger partial charge >= 0.3 is 0 Å². The average molecular weight is 565 g/mol. The highest BCUT2D eigenvalue weighted by atomic mass is 35.5. The predicted molar refractivity (Wildman–Crippen MR) is 140 cm³/mol. The summed E-state index contributed by atoms with van der Waals surface area (Å²) in [6.07, 6.45) is 2.37. The van der Waals surface area contributed by atoms with Gasteiger partial charge in [0.25, 0.3) is 0 Å². The largest absolute Gasteiger partial charge is 0.388 e. The van der Waals surface area contributed by atoms with Gasteiger partial charge in [-0.05, 0) is 69.4 Å². The molecule has 2 saturated heterocycles. The van der Waals surface area contributed by atoms with E-state index in [2.05, 4.69) is 10.6 Å². The zero-order valence-electron chi connectivity index (χ0n) is 21.3. The van der Waals surface area contributed by atoms with Crippen LogP contribution in [0.15, 0.2) is 18.2 Å². The minimum Gasteiger partial charge on any atom is -0.388 e. The lowest BCUT2D eigenvalue weighted by Gasteiger charge is -2.44. The van der Waals surface area contributed by atoms with Crippen molar-refractivity contribution in [1.82, 2.24) is 10.6 Å². The Morgan fingerprint density at radius 2 is 1.95 bits per heavy atom. The first-order chi connectivity index (χ1) is 17.6. The number of nitrogens with one attached hydrogen (secondary N) is 2. The number of aryl methyl sites for hydroxylation is 1. The van der Waals surface area contributed by atoms with Gasteiger partial charge in [0.2, 0.25) is 5.91 Å². The molecule has 1 aromatic rings. The van der Waals surface area contributed by atoms with Crippen molar-refractivity contribution >= 4 is 29.3 Å². The summed E-state index contributed by atoms with van der Waals surface area (Å²) in [4.78, 5) is 13.1. The second-order valence-electron chi connectivity index (χ2n) is 10.1. The number of carbonyl (C=O) groups excluding carboxylic acids is 1. The molecule has 37 heavy (non-hydrogen) atoms. The molecule has 2 heterocycles. The highest BCUT2D eigenvalue weighted by molar-refractivity contribution is 7.99. The van der Waals surface area contributed by atoms with Crippen LogP contribution in [0.25, 0.3) is 0 Å². The number of ether oxygens (including phenoxy) is 1. The van der Waals surface area contributed by atoms with Crippen LogP contribution in [-0.2, 0) is 16.0 Å². The molecule has 9 atom stereocenters. The predicted octanol–water partition coefficient (Wildman–Crippen LogP) is 2.72. The number of aliphatic hydroxyl groups excluding tert-OH is 3. The molecular weight excluding hydrogens is 526 g/mol. The maximum atomic E-state index is 13.8. The van der Waals surface area contributed by atoms with Gasteiger partial charge in [0.1, 0.15) is 41.5 Å². The second kappa shape index (κ2) is 14.4. The second-order valence-corrected chi connectivity index (χ2v) is 11.7. The fraction of sp³-hybridized carbons (Fsp3) is 0.731. The zero-order valence-corrected chi connectivity index (χ0v) is 22.9. The molecule has 1 amide bonds. The van der Waals surface area contributed by atoms with E-state index in [0.29, 0.717) is 30.9 Å². The molecule has 3 rings (SSSR count). The summed E-state index contributed by atoms with van der Waals surface area (Å²) in [7, 11) is 0. The van der Waals surface area contributed by atoms with E-state index in [1.54, 1.807) is 13.2 Å². The molecule has 11 heteroatoms. The van der Waals surface area contributed by atoms with Crippen molar-refractivity contribution in [2.75, 3.05) is 12.8 Å². The molecule has 1 aromatic carbocycles. The fourth-order valence-corrected chi connectivity index (χ4v) is 6.07. The first-order valence-electron chi connectivity index (χ1n) is 13.0. The molecule has 7 nitrogen and oxygen atoms in total. The summed E-state index contributed by atoms with van der Waals surface area (Å²) in [6.45, 7) is 2.36. The Labute approximate surface area is 226 Å². The van der Waals surface area contributed by atoms with Crippen LogP contribution in [0.5, 0.6) is 0 Å². The van der Waals surface area contributed by atoms with Gasteiger partial charge in [-0.1, -0.05) is 18.9 Å². The molecule has 210 valence electrons. The average Bonchev–Trinajstić information content (AvgIpc) is 3.11. The Morgan fingerprint density at radius 1 is 1.19 bits per heavy atom. The van der Waals surface area contributed by atoms with E-state index in [0.717, 1.165) is 38.2 Å². The third-order valence-electron chi connectivity index (χ3n) is 7.44. The number of benzene rings is 1. The highest BCUT2D eigenvalue weighted by Crippen LogP contribution is 2.30. The SMILES string of the molecule is CSC1O[C@H]([C@H](NC(=O)[C@@H]2CC[C@H](CCCCc3ccc(F)cc3F)CCN2)[C@H](C)Cl)[C@@H](O)C(O)[C@H]1O. The summed E-state index contributed by atoms with van der Waals surface area (Å²) in [6, 6.07) is 2.50. The van der Waals surface area contributed by atoms with Crippen LogP contribution in [0.1, 0.15) is 51.0 Å². The molecule has 0 aromatic heterocycles. The van der Waals surface area contributed by atoms with Crippen molar-refractivity contribution in [2.45, 2.75) is 99.2 Å². The number of alkyl halides is 1. The van der Waals surface area contributed by atoms with Crippen molar-refractivity contribution in [3.63, 3.8) is 0 Å². The maximum absolute atomic E-state index is 13.8. The number of rotatable bonds is 10. The molecule has 2 fully saturated rings. The minimum absolute atomic E-state index is 0.248. The summed E-state index contributed by atoms with van der Waals surface area (Å²) < 4.78 is 32.7. The number of hydrogen-bond acceptors (Lipinski definition) is 7. The van der Waals surface area contributed by atoms with Gasteiger partial charge in [-0.3, -0.25) is 4.79 Å². The van der Waals surface area contributed by atoms with Crippen LogP contribution in [0.2, 0.25) is 0 Å². The van der Waals surface area contributed by atoms with Gasteiger partial charge in [-0.25, -0.2) is 8.78 Å². The van der Waals surface area contributed by atoms with E-state index in [1.807, 2.05) is 0 Å². The molecule has 0 bridgehead atoms. The zero-order chi connectivity index (χ0) is 27.1. The monoisotopic (exact) mass is 564 g/mol. The van der Waals surface area contributed by atoms with E-state index in [4.69, 9.17) is 16.3 Å². The van der Waals surface area contributed by atoms with E-state index >= 15 is 0 Å². The van der Waals surface area contributed by atoms with E-state index in [9.17, 15) is 28.9 Å². The number of hydrogen-bond donors (Lipinski definition) is 5. The van der Waals surface area contributed by atoms with Gasteiger partial charge in [-0.2, -0.15) is 0 Å². The molecule has 2 aliphatic rings. The fourth-order valence-electron chi connectivity index (χ4n) is 5.18. The highest BCUT2D eigenvalue weighted by Gasteiger charge is 2.48. The standard InChI is InChI=1S/C26H39ClF2N2O5S/c1-14(27)20(24-22(33)21(32)23(34)26(36-24)37-2)31-25(35)19-10-7-15(11-12-30-19)5-3-4-6-16-8-9-17(28)13-18(16)29/h8-9,13-15,19-24,26,30,32-34H,3-7,10-12H2,1-2H3,(H,31,35)/t14-,15-,19-,20+,21?,22-,23+,24+,26?/m0/s1. The normalized spacial score (nSPS) is 32.4. The minimum atomic E-state index is -1.41. The Morgan fingerprint density at radius 3 is 2.62 bits per heavy atom. The van der Waals surface area contributed by atoms with Crippen molar-refractivity contribution in [1.29, 1.82) is 0 Å². The first kappa shape index (κ1) is 30.5. The Bertz CT molecular complexity index is 883. The summed E-state index contributed by atoms with van der Waals surface area (Å²) in [5.74, 6) is -0.880. The first-order valence-corrected chi connectivity index (χ1v) is 14.7. The van der Waals surface area contributed by atoms with Gasteiger partial charge in [-0.15, -0.1) is 23.4 Å². The number of amides is 1. The van der Waals surface area contributed by atoms with Crippen LogP contribution in [-0.4, -0.2) is 81.3 Å². The van der Waals surface area contributed by atoms with Gasteiger partial charge in [0.05, 0.1) is 17.5 Å². The third kappa shape index (κ3) is 8.24. The number of carbonyl (C=O) groups is 1. The number of thioether (sulfide) groups is 1. The number of unbranched alkanes of at least 4 members (excludes halogenated alkanes) is 1. The lowest BCUT2D eigenvalue weighted by Crippen LogP contribution is -2.65. The van der Waals surface area contributed by atoms with Crippen molar-refractivity contribution in [2.24, 2.45) is 5.92 Å². The van der Waals surface area contributed by atoms with Gasteiger partial charge in [0.15, 0.2) is 0 Å². The molecule has 2 unspecified atom stereocenters. The van der Waals surface area contributed by atoms with Crippen molar-refractivity contribution < 1.29 is 33.6 Å². The number of halogens is 3. The Kier molecular flexibility index (Phi) is 11.9. The lowest BCUT2D eigenvalue weighted by molar-refractivity contribution is -0.205. The summed E-state index contributed by atoms with van der Waals surface area (Å²) in [5.41, 5.74) is -0.226. The van der Waals surface area contributed by atoms with E-state index < -0.39 is 58.9 Å². The number of aliphatic hydroxyl groups is 3. The van der Waals surface area contributed by atoms with Crippen LogP contribution in [0.3, 0.4) is 0 Å². The van der Waals surface area contributed by atoms with Crippen molar-refractivity contribution in [3.8, 4) is 0 Å². The molecule has 2 aliphatic heterocycles. The van der Waals surface area contributed by atoms with Crippen LogP contribution in [0, 0.1) is 17.6 Å². The Hall–Kier alpha value is -1.01. The van der Waals surface area contributed by atoms with Crippen LogP contribution < -0.4 is 10.6 Å². The van der Waals surface area contributed by atoms with Crippen LogP contribution >= 0.6 is 23.4 Å². The molecule has 0 spiro atoms. The quantitative estimate of drug-likeness (QED) is 0.219. The van der Waals surface area contributed by atoms with E-state index in [-0.39, 0.29) is 5.91 Å². The Balaban J connectivity index is 1.48. The smallest absolute Gasteiger partial charge is 0.237 e. The molecule has 0 saturated carbocycles.